The maximum Gasteiger partial charge on any atom is 0.248 e. The van der Waals surface area contributed by atoms with E-state index in [1.54, 1.807) is 10.9 Å². The topological polar surface area (TPSA) is 62.1 Å². The SMILES string of the molecule is Cn1ncc2ncnc(Oc3ccc(Oc4ccccc4)cc3)c21. The first-order valence-corrected chi connectivity index (χ1v) is 7.43. The molecule has 0 spiro atoms. The van der Waals surface area contributed by atoms with Gasteiger partial charge in [0.05, 0.1) is 6.20 Å². The minimum Gasteiger partial charge on any atom is -0.457 e. The van der Waals surface area contributed by atoms with Gasteiger partial charge in [-0.3, -0.25) is 4.68 Å². The van der Waals surface area contributed by atoms with E-state index in [1.807, 2.05) is 61.6 Å². The van der Waals surface area contributed by atoms with Gasteiger partial charge in [0.15, 0.2) is 0 Å². The van der Waals surface area contributed by atoms with Crippen LogP contribution in [0.4, 0.5) is 0 Å². The highest BCUT2D eigenvalue weighted by Crippen LogP contribution is 2.28. The van der Waals surface area contributed by atoms with Crippen LogP contribution in [0.5, 0.6) is 23.1 Å². The molecule has 2 aromatic heterocycles. The first-order chi connectivity index (χ1) is 11.8. The zero-order chi connectivity index (χ0) is 16.4. The van der Waals surface area contributed by atoms with Gasteiger partial charge in [0, 0.05) is 7.05 Å². The van der Waals surface area contributed by atoms with Crippen LogP contribution in [-0.2, 0) is 7.05 Å². The molecule has 0 N–H and O–H groups in total. The maximum absolute atomic E-state index is 5.87. The summed E-state index contributed by atoms with van der Waals surface area (Å²) in [7, 11) is 1.83. The van der Waals surface area contributed by atoms with Crippen molar-refractivity contribution in [3.63, 3.8) is 0 Å². The van der Waals surface area contributed by atoms with Crippen molar-refractivity contribution in [2.75, 3.05) is 0 Å². The molecule has 0 amide bonds. The molecule has 118 valence electrons. The lowest BCUT2D eigenvalue weighted by molar-refractivity contribution is 0.458. The van der Waals surface area contributed by atoms with Crippen molar-refractivity contribution in [2.24, 2.45) is 7.05 Å². The highest BCUT2D eigenvalue weighted by Gasteiger charge is 2.10. The molecule has 0 saturated heterocycles. The Morgan fingerprint density at radius 1 is 0.792 bits per heavy atom. The van der Waals surface area contributed by atoms with Crippen LogP contribution < -0.4 is 9.47 Å². The minimum atomic E-state index is 0.469. The first kappa shape index (κ1) is 14.2. The molecule has 0 aliphatic carbocycles. The summed E-state index contributed by atoms with van der Waals surface area (Å²) >= 11 is 0. The molecule has 0 unspecified atom stereocenters. The van der Waals surface area contributed by atoms with Gasteiger partial charge < -0.3 is 9.47 Å². The maximum atomic E-state index is 5.87. The fraction of sp³-hybridized carbons (Fsp3) is 0.0556. The van der Waals surface area contributed by atoms with Crippen LogP contribution in [0.2, 0.25) is 0 Å². The van der Waals surface area contributed by atoms with Crippen LogP contribution in [0, 0.1) is 0 Å². The number of hydrogen-bond acceptors (Lipinski definition) is 5. The van der Waals surface area contributed by atoms with Crippen molar-refractivity contribution < 1.29 is 9.47 Å². The van der Waals surface area contributed by atoms with E-state index < -0.39 is 0 Å². The van der Waals surface area contributed by atoms with E-state index in [4.69, 9.17) is 9.47 Å². The summed E-state index contributed by atoms with van der Waals surface area (Å²) < 4.78 is 13.3. The third-order valence-corrected chi connectivity index (χ3v) is 3.51. The molecule has 0 bridgehead atoms. The van der Waals surface area contributed by atoms with Gasteiger partial charge in [0.1, 0.15) is 34.6 Å². The Morgan fingerprint density at radius 3 is 2.21 bits per heavy atom. The van der Waals surface area contributed by atoms with Gasteiger partial charge in [0.2, 0.25) is 5.88 Å². The molecule has 0 aliphatic heterocycles. The quantitative estimate of drug-likeness (QED) is 0.570. The van der Waals surface area contributed by atoms with Gasteiger partial charge in [-0.25, -0.2) is 4.98 Å². The molecule has 24 heavy (non-hydrogen) atoms. The lowest BCUT2D eigenvalue weighted by atomic mass is 10.3. The standard InChI is InChI=1S/C18H14N4O2/c1-22-17-16(11-21-22)19-12-20-18(17)24-15-9-7-14(8-10-15)23-13-5-3-2-4-6-13/h2-12H,1H3. The van der Waals surface area contributed by atoms with Gasteiger partial charge >= 0.3 is 0 Å². The Balaban J connectivity index is 1.56. The molecule has 0 atom stereocenters. The molecular weight excluding hydrogens is 304 g/mol. The predicted octanol–water partition coefficient (Wildman–Crippen LogP) is 3.95. The van der Waals surface area contributed by atoms with E-state index in [1.165, 1.54) is 6.33 Å². The second-order valence-electron chi connectivity index (χ2n) is 5.17. The Morgan fingerprint density at radius 2 is 1.46 bits per heavy atom. The number of fused-ring (bicyclic) bond motifs is 1. The number of ether oxygens (including phenoxy) is 2. The average molecular weight is 318 g/mol. The number of rotatable bonds is 4. The first-order valence-electron chi connectivity index (χ1n) is 7.43. The molecule has 4 aromatic rings. The zero-order valence-corrected chi connectivity index (χ0v) is 13.0. The van der Waals surface area contributed by atoms with Crippen molar-refractivity contribution in [3.05, 3.63) is 67.1 Å². The minimum absolute atomic E-state index is 0.469. The molecule has 6 nitrogen and oxygen atoms in total. The predicted molar refractivity (Wildman–Crippen MR) is 89.3 cm³/mol. The highest BCUT2D eigenvalue weighted by atomic mass is 16.5. The van der Waals surface area contributed by atoms with Crippen LogP contribution in [-0.4, -0.2) is 19.7 Å². The summed E-state index contributed by atoms with van der Waals surface area (Å²) in [6, 6.07) is 17.0. The van der Waals surface area contributed by atoms with Crippen molar-refractivity contribution in [1.82, 2.24) is 19.7 Å². The third-order valence-electron chi connectivity index (χ3n) is 3.51. The van der Waals surface area contributed by atoms with Crippen LogP contribution in [0.15, 0.2) is 67.1 Å². The van der Waals surface area contributed by atoms with Crippen molar-refractivity contribution in [1.29, 1.82) is 0 Å². The van der Waals surface area contributed by atoms with Gasteiger partial charge in [0.25, 0.3) is 0 Å². The largest absolute Gasteiger partial charge is 0.457 e. The summed E-state index contributed by atoms with van der Waals surface area (Å²) in [5, 5.41) is 4.17. The Hall–Kier alpha value is -3.41. The van der Waals surface area contributed by atoms with E-state index in [2.05, 4.69) is 15.1 Å². The third kappa shape index (κ3) is 2.77. The smallest absolute Gasteiger partial charge is 0.248 e. The summed E-state index contributed by atoms with van der Waals surface area (Å²) in [6.45, 7) is 0. The van der Waals surface area contributed by atoms with Crippen molar-refractivity contribution in [3.8, 4) is 23.1 Å². The second kappa shape index (κ2) is 6.00. The van der Waals surface area contributed by atoms with E-state index in [-0.39, 0.29) is 0 Å². The average Bonchev–Trinajstić information content (AvgIpc) is 3.00. The Bertz CT molecular complexity index is 965. The molecule has 6 heteroatoms. The fourth-order valence-corrected chi connectivity index (χ4v) is 2.36. The normalized spacial score (nSPS) is 10.7. The van der Waals surface area contributed by atoms with E-state index in [0.717, 1.165) is 22.5 Å². The highest BCUT2D eigenvalue weighted by molar-refractivity contribution is 5.79. The summed E-state index contributed by atoms with van der Waals surface area (Å²) in [5.41, 5.74) is 1.49. The Labute approximate surface area is 138 Å². The zero-order valence-electron chi connectivity index (χ0n) is 13.0. The van der Waals surface area contributed by atoms with E-state index >= 15 is 0 Å². The van der Waals surface area contributed by atoms with Gasteiger partial charge in [-0.15, -0.1) is 0 Å². The molecule has 4 rings (SSSR count). The molecule has 0 radical (unpaired) electrons. The molecule has 2 aromatic carbocycles. The molecule has 0 fully saturated rings. The number of aryl methyl sites for hydroxylation is 1. The molecule has 2 heterocycles. The van der Waals surface area contributed by atoms with Crippen LogP contribution in [0.1, 0.15) is 0 Å². The Kier molecular flexibility index (Phi) is 3.55. The summed E-state index contributed by atoms with van der Waals surface area (Å²) in [5.74, 6) is 2.66. The lowest BCUT2D eigenvalue weighted by Gasteiger charge is -2.08. The number of hydrogen-bond donors (Lipinski definition) is 0. The van der Waals surface area contributed by atoms with E-state index in [0.29, 0.717) is 11.6 Å². The van der Waals surface area contributed by atoms with Crippen molar-refractivity contribution >= 4 is 11.0 Å². The summed E-state index contributed by atoms with van der Waals surface area (Å²) in [4.78, 5) is 8.37. The number of nitrogens with zero attached hydrogens (tertiary/aromatic N) is 4. The number of aromatic nitrogens is 4. The molecule has 0 aliphatic rings. The number of benzene rings is 2. The van der Waals surface area contributed by atoms with Crippen LogP contribution >= 0.6 is 0 Å². The van der Waals surface area contributed by atoms with Crippen molar-refractivity contribution in [2.45, 2.75) is 0 Å². The van der Waals surface area contributed by atoms with Gasteiger partial charge in [-0.05, 0) is 36.4 Å². The van der Waals surface area contributed by atoms with E-state index in [9.17, 15) is 0 Å². The van der Waals surface area contributed by atoms with Gasteiger partial charge in [-0.2, -0.15) is 10.1 Å². The van der Waals surface area contributed by atoms with Crippen LogP contribution in [0.3, 0.4) is 0 Å². The fourth-order valence-electron chi connectivity index (χ4n) is 2.36. The van der Waals surface area contributed by atoms with Crippen LogP contribution in [0.25, 0.3) is 11.0 Å². The number of para-hydroxylation sites is 1. The lowest BCUT2D eigenvalue weighted by Crippen LogP contribution is -1.96. The second-order valence-corrected chi connectivity index (χ2v) is 5.17. The monoisotopic (exact) mass is 318 g/mol. The molecular formula is C18H14N4O2. The molecule has 0 saturated carbocycles. The van der Waals surface area contributed by atoms with Gasteiger partial charge in [-0.1, -0.05) is 18.2 Å². The summed E-state index contributed by atoms with van der Waals surface area (Å²) in [6.07, 6.45) is 3.15.